The first-order valence-electron chi connectivity index (χ1n) is 6.88. The van der Waals surface area contributed by atoms with Gasteiger partial charge in [-0.15, -0.1) is 0 Å². The average Bonchev–Trinajstić information content (AvgIpc) is 2.96. The maximum Gasteiger partial charge on any atom is 0.512 e. The summed E-state index contributed by atoms with van der Waals surface area (Å²) in [6.07, 6.45) is 1.53. The molecule has 0 saturated heterocycles. The molecule has 0 fully saturated rings. The van der Waals surface area contributed by atoms with E-state index in [-0.39, 0.29) is 5.88 Å². The molecule has 2 aromatic carbocycles. The predicted octanol–water partition coefficient (Wildman–Crippen LogP) is 4.31. The second-order valence-electron chi connectivity index (χ2n) is 4.90. The van der Waals surface area contributed by atoms with Gasteiger partial charge < -0.3 is 9.84 Å². The number of ether oxygens (including phenoxy) is 1. The quantitative estimate of drug-likeness (QED) is 0.725. The van der Waals surface area contributed by atoms with Crippen LogP contribution in [0.2, 0.25) is 5.02 Å². The van der Waals surface area contributed by atoms with Gasteiger partial charge in [0.2, 0.25) is 5.88 Å². The highest BCUT2D eigenvalue weighted by atomic mass is 35.5. The first-order valence-corrected chi connectivity index (χ1v) is 7.26. The van der Waals surface area contributed by atoms with Crippen molar-refractivity contribution in [3.05, 3.63) is 71.6 Å². The Balaban J connectivity index is 1.98. The molecule has 0 unspecified atom stereocenters. The monoisotopic (exact) mass is 328 g/mol. The molecule has 0 radical (unpaired) electrons. The maximum absolute atomic E-state index is 10.7. The van der Waals surface area contributed by atoms with Crippen molar-refractivity contribution in [2.24, 2.45) is 0 Å². The summed E-state index contributed by atoms with van der Waals surface area (Å²) in [5.41, 5.74) is 2.99. The highest BCUT2D eigenvalue weighted by Gasteiger charge is 2.11. The number of carboxylic acid groups (broad SMARTS) is 1. The largest absolute Gasteiger partial charge is 0.512 e. The average molecular weight is 329 g/mol. The van der Waals surface area contributed by atoms with Crippen LogP contribution in [0.4, 0.5) is 4.79 Å². The molecule has 0 spiro atoms. The Hall–Kier alpha value is -2.79. The molecule has 0 aliphatic heterocycles. The number of imidazole rings is 1. The summed E-state index contributed by atoms with van der Waals surface area (Å²) in [5, 5.41) is 9.40. The van der Waals surface area contributed by atoms with Gasteiger partial charge in [0.25, 0.3) is 0 Å². The Labute approximate surface area is 137 Å². The number of halogens is 1. The van der Waals surface area contributed by atoms with Gasteiger partial charge in [-0.1, -0.05) is 48.0 Å². The van der Waals surface area contributed by atoms with Gasteiger partial charge in [0.1, 0.15) is 0 Å². The number of hydrogen-bond acceptors (Lipinski definition) is 3. The van der Waals surface area contributed by atoms with E-state index >= 15 is 0 Å². The van der Waals surface area contributed by atoms with E-state index in [1.165, 1.54) is 12.5 Å². The molecule has 0 aliphatic carbocycles. The van der Waals surface area contributed by atoms with E-state index < -0.39 is 6.16 Å². The van der Waals surface area contributed by atoms with Gasteiger partial charge in [-0.05, 0) is 28.8 Å². The molecular formula is C17H13ClN2O3. The molecule has 0 saturated carbocycles. The smallest absolute Gasteiger partial charge is 0.449 e. The van der Waals surface area contributed by atoms with E-state index in [1.54, 1.807) is 10.6 Å². The Morgan fingerprint density at radius 3 is 2.74 bits per heavy atom. The zero-order valence-corrected chi connectivity index (χ0v) is 12.8. The van der Waals surface area contributed by atoms with Gasteiger partial charge in [-0.3, -0.25) is 4.57 Å². The first kappa shape index (κ1) is 15.1. The molecule has 1 aromatic heterocycles. The summed E-state index contributed by atoms with van der Waals surface area (Å²) in [6.45, 7) is 0.421. The molecule has 0 amide bonds. The van der Waals surface area contributed by atoms with Crippen LogP contribution in [0.3, 0.4) is 0 Å². The summed E-state index contributed by atoms with van der Waals surface area (Å²) in [7, 11) is 0. The fraction of sp³-hybridized carbons (Fsp3) is 0.0588. The van der Waals surface area contributed by atoms with Crippen molar-refractivity contribution in [3.8, 4) is 17.0 Å². The molecular weight excluding hydrogens is 316 g/mol. The van der Waals surface area contributed by atoms with Crippen LogP contribution in [0.25, 0.3) is 11.1 Å². The molecule has 0 aliphatic rings. The lowest BCUT2D eigenvalue weighted by atomic mass is 9.99. The predicted molar refractivity (Wildman–Crippen MR) is 86.9 cm³/mol. The number of benzene rings is 2. The molecule has 5 nitrogen and oxygen atoms in total. The second kappa shape index (κ2) is 6.54. The summed E-state index contributed by atoms with van der Waals surface area (Å²) in [5.74, 6) is 0.173. The minimum Gasteiger partial charge on any atom is -0.449 e. The third kappa shape index (κ3) is 3.52. The summed E-state index contributed by atoms with van der Waals surface area (Å²) < 4.78 is 6.35. The number of nitrogens with zero attached hydrogens (tertiary/aromatic N) is 2. The van der Waals surface area contributed by atoms with Crippen LogP contribution in [0.15, 0.2) is 61.1 Å². The fourth-order valence-electron chi connectivity index (χ4n) is 2.36. The molecule has 3 aromatic rings. The number of rotatable bonds is 4. The topological polar surface area (TPSA) is 64.3 Å². The zero-order chi connectivity index (χ0) is 16.2. The number of aromatic nitrogens is 2. The standard InChI is InChI=1S/C17H13ClN2O3/c18-14-7-6-13(15(8-14)12-4-2-1-3-5-12)10-20-11-19-9-16(20)23-17(21)22/h1-9,11H,10H2,(H,21,22). The Bertz CT molecular complexity index is 831. The van der Waals surface area contributed by atoms with Gasteiger partial charge >= 0.3 is 6.16 Å². The SMILES string of the molecule is O=C(O)Oc1cncn1Cc1ccc(Cl)cc1-c1ccccc1. The van der Waals surface area contributed by atoms with Crippen molar-refractivity contribution < 1.29 is 14.6 Å². The number of hydrogen-bond donors (Lipinski definition) is 1. The second-order valence-corrected chi connectivity index (χ2v) is 5.33. The minimum atomic E-state index is -1.37. The van der Waals surface area contributed by atoms with Crippen LogP contribution in [0.1, 0.15) is 5.56 Å². The van der Waals surface area contributed by atoms with Crippen molar-refractivity contribution in [2.75, 3.05) is 0 Å². The van der Waals surface area contributed by atoms with E-state index in [1.807, 2.05) is 42.5 Å². The van der Waals surface area contributed by atoms with Gasteiger partial charge in [0.05, 0.1) is 19.1 Å². The molecule has 116 valence electrons. The van der Waals surface area contributed by atoms with Crippen molar-refractivity contribution in [1.29, 1.82) is 0 Å². The fourth-order valence-corrected chi connectivity index (χ4v) is 2.53. The lowest BCUT2D eigenvalue weighted by Crippen LogP contribution is -2.09. The van der Waals surface area contributed by atoms with Gasteiger partial charge in [0, 0.05) is 5.02 Å². The van der Waals surface area contributed by atoms with Crippen molar-refractivity contribution in [2.45, 2.75) is 6.54 Å². The summed E-state index contributed by atoms with van der Waals surface area (Å²) in [4.78, 5) is 14.7. The Morgan fingerprint density at radius 1 is 1.22 bits per heavy atom. The van der Waals surface area contributed by atoms with E-state index in [4.69, 9.17) is 21.4 Å². The van der Waals surface area contributed by atoms with Crippen molar-refractivity contribution in [1.82, 2.24) is 9.55 Å². The summed E-state index contributed by atoms with van der Waals surface area (Å²) in [6, 6.07) is 15.5. The van der Waals surface area contributed by atoms with Gasteiger partial charge in [0.15, 0.2) is 0 Å². The normalized spacial score (nSPS) is 10.5. The highest BCUT2D eigenvalue weighted by molar-refractivity contribution is 6.30. The zero-order valence-electron chi connectivity index (χ0n) is 12.0. The minimum absolute atomic E-state index is 0.173. The number of carbonyl (C=O) groups is 1. The molecule has 0 bridgehead atoms. The lowest BCUT2D eigenvalue weighted by molar-refractivity contribution is 0.141. The van der Waals surface area contributed by atoms with Crippen LogP contribution in [0, 0.1) is 0 Å². The molecule has 3 rings (SSSR count). The van der Waals surface area contributed by atoms with Crippen LogP contribution in [-0.4, -0.2) is 20.8 Å². The summed E-state index contributed by atoms with van der Waals surface area (Å²) >= 11 is 6.13. The Morgan fingerprint density at radius 2 is 2.00 bits per heavy atom. The van der Waals surface area contributed by atoms with E-state index in [9.17, 15) is 4.79 Å². The first-order chi connectivity index (χ1) is 11.1. The molecule has 23 heavy (non-hydrogen) atoms. The van der Waals surface area contributed by atoms with Crippen LogP contribution in [-0.2, 0) is 6.54 Å². The third-order valence-electron chi connectivity index (χ3n) is 3.36. The van der Waals surface area contributed by atoms with Gasteiger partial charge in [-0.25, -0.2) is 9.78 Å². The van der Waals surface area contributed by atoms with Crippen LogP contribution in [0.5, 0.6) is 5.88 Å². The molecule has 0 atom stereocenters. The molecule has 1 N–H and O–H groups in total. The molecule has 1 heterocycles. The van der Waals surface area contributed by atoms with Gasteiger partial charge in [-0.2, -0.15) is 0 Å². The lowest BCUT2D eigenvalue weighted by Gasteiger charge is -2.12. The van der Waals surface area contributed by atoms with E-state index in [2.05, 4.69) is 4.98 Å². The third-order valence-corrected chi connectivity index (χ3v) is 3.60. The highest BCUT2D eigenvalue weighted by Crippen LogP contribution is 2.28. The van der Waals surface area contributed by atoms with Crippen LogP contribution >= 0.6 is 11.6 Å². The van der Waals surface area contributed by atoms with Crippen molar-refractivity contribution in [3.63, 3.8) is 0 Å². The molecule has 6 heteroatoms. The Kier molecular flexibility index (Phi) is 4.30. The van der Waals surface area contributed by atoms with E-state index in [0.29, 0.717) is 11.6 Å². The van der Waals surface area contributed by atoms with Crippen LogP contribution < -0.4 is 4.74 Å². The van der Waals surface area contributed by atoms with E-state index in [0.717, 1.165) is 16.7 Å². The maximum atomic E-state index is 10.7. The van der Waals surface area contributed by atoms with Crippen molar-refractivity contribution >= 4 is 17.8 Å².